The summed E-state index contributed by atoms with van der Waals surface area (Å²) in [6.07, 6.45) is -3.67. The van der Waals surface area contributed by atoms with Gasteiger partial charge in [0, 0.05) is 18.4 Å². The van der Waals surface area contributed by atoms with Crippen LogP contribution in [0.2, 0.25) is 0 Å². The van der Waals surface area contributed by atoms with Crippen LogP contribution in [0.4, 0.5) is 8.78 Å². The minimum atomic E-state index is -3.02. The summed E-state index contributed by atoms with van der Waals surface area (Å²) in [5.41, 5.74) is 1.40. The van der Waals surface area contributed by atoms with Crippen LogP contribution >= 0.6 is 0 Å². The van der Waals surface area contributed by atoms with Gasteiger partial charge >= 0.3 is 0 Å². The second-order valence-electron chi connectivity index (χ2n) is 4.99. The summed E-state index contributed by atoms with van der Waals surface area (Å²) in [7, 11) is 0. The number of carbonyl (C=O) groups excluding carboxylic acids is 2. The highest BCUT2D eigenvalue weighted by atomic mass is 19.3. The monoisotopic (exact) mass is 318 g/mol. The van der Waals surface area contributed by atoms with Gasteiger partial charge in [0.05, 0.1) is 0 Å². The standard InChI is InChI=1S/C18H16F2O3/c19-18(20)17(22)11-10-16(21)14-6-8-15(9-7-14)23-12-13-4-2-1-3-5-13/h1-9,18H,10-12H2. The lowest BCUT2D eigenvalue weighted by atomic mass is 10.1. The van der Waals surface area contributed by atoms with Gasteiger partial charge in [-0.2, -0.15) is 0 Å². The van der Waals surface area contributed by atoms with E-state index in [0.29, 0.717) is 17.9 Å². The largest absolute Gasteiger partial charge is 0.489 e. The van der Waals surface area contributed by atoms with Crippen LogP contribution < -0.4 is 4.74 Å². The van der Waals surface area contributed by atoms with Crippen LogP contribution in [0.1, 0.15) is 28.8 Å². The molecule has 0 aliphatic carbocycles. The Morgan fingerprint density at radius 1 is 0.913 bits per heavy atom. The SMILES string of the molecule is O=C(CCC(=O)C(F)F)c1ccc(OCc2ccccc2)cc1. The lowest BCUT2D eigenvalue weighted by molar-refractivity contribution is -0.129. The van der Waals surface area contributed by atoms with E-state index < -0.39 is 18.6 Å². The van der Waals surface area contributed by atoms with E-state index in [4.69, 9.17) is 4.74 Å². The predicted molar refractivity (Wildman–Crippen MR) is 81.8 cm³/mol. The summed E-state index contributed by atoms with van der Waals surface area (Å²) in [6, 6.07) is 16.1. The number of alkyl halides is 2. The molecule has 0 spiro atoms. The van der Waals surface area contributed by atoms with Gasteiger partial charge in [0.2, 0.25) is 0 Å². The summed E-state index contributed by atoms with van der Waals surface area (Å²) in [4.78, 5) is 22.7. The van der Waals surface area contributed by atoms with Gasteiger partial charge in [0.15, 0.2) is 11.6 Å². The highest BCUT2D eigenvalue weighted by Crippen LogP contribution is 2.16. The lowest BCUT2D eigenvalue weighted by Gasteiger charge is -2.07. The third-order valence-corrected chi connectivity index (χ3v) is 3.27. The smallest absolute Gasteiger partial charge is 0.295 e. The van der Waals surface area contributed by atoms with Gasteiger partial charge in [-0.05, 0) is 29.8 Å². The van der Waals surface area contributed by atoms with E-state index in [1.165, 1.54) is 0 Å². The molecule has 0 heterocycles. The van der Waals surface area contributed by atoms with Crippen LogP contribution in [0.25, 0.3) is 0 Å². The van der Waals surface area contributed by atoms with E-state index in [1.54, 1.807) is 24.3 Å². The Hall–Kier alpha value is -2.56. The van der Waals surface area contributed by atoms with E-state index >= 15 is 0 Å². The third kappa shape index (κ3) is 5.29. The fraction of sp³-hybridized carbons (Fsp3) is 0.222. The number of halogens is 2. The van der Waals surface area contributed by atoms with Gasteiger partial charge in [-0.1, -0.05) is 30.3 Å². The second-order valence-corrected chi connectivity index (χ2v) is 4.99. The highest BCUT2D eigenvalue weighted by molar-refractivity contribution is 5.98. The average Bonchev–Trinajstić information content (AvgIpc) is 2.58. The number of rotatable bonds is 8. The summed E-state index contributed by atoms with van der Waals surface area (Å²) >= 11 is 0. The Balaban J connectivity index is 1.86. The maximum atomic E-state index is 12.1. The molecule has 23 heavy (non-hydrogen) atoms. The van der Waals surface area contributed by atoms with Gasteiger partial charge in [0.1, 0.15) is 12.4 Å². The molecule has 0 atom stereocenters. The summed E-state index contributed by atoms with van der Waals surface area (Å²) in [6.45, 7) is 0.414. The number of benzene rings is 2. The van der Waals surface area contributed by atoms with E-state index in [9.17, 15) is 18.4 Å². The van der Waals surface area contributed by atoms with E-state index in [0.717, 1.165) is 5.56 Å². The number of hydrogen-bond donors (Lipinski definition) is 0. The van der Waals surface area contributed by atoms with Crippen LogP contribution in [0.5, 0.6) is 5.75 Å². The van der Waals surface area contributed by atoms with Crippen molar-refractivity contribution in [3.63, 3.8) is 0 Å². The molecule has 0 bridgehead atoms. The molecule has 0 N–H and O–H groups in total. The van der Waals surface area contributed by atoms with Crippen LogP contribution in [0, 0.1) is 0 Å². The third-order valence-electron chi connectivity index (χ3n) is 3.27. The fourth-order valence-corrected chi connectivity index (χ4v) is 1.97. The lowest BCUT2D eigenvalue weighted by Crippen LogP contribution is -2.12. The number of hydrogen-bond acceptors (Lipinski definition) is 3. The second kappa shape index (κ2) is 8.17. The number of ketones is 2. The topological polar surface area (TPSA) is 43.4 Å². The molecule has 0 aliphatic rings. The van der Waals surface area contributed by atoms with Crippen molar-refractivity contribution >= 4 is 11.6 Å². The van der Waals surface area contributed by atoms with Crippen molar-refractivity contribution in [3.05, 3.63) is 65.7 Å². The van der Waals surface area contributed by atoms with Crippen molar-refractivity contribution in [3.8, 4) is 5.75 Å². The molecule has 0 aliphatic heterocycles. The predicted octanol–water partition coefficient (Wildman–Crippen LogP) is 4.06. The minimum Gasteiger partial charge on any atom is -0.489 e. The van der Waals surface area contributed by atoms with Crippen molar-refractivity contribution in [2.45, 2.75) is 25.9 Å². The van der Waals surface area contributed by atoms with Gasteiger partial charge in [-0.15, -0.1) is 0 Å². The van der Waals surface area contributed by atoms with Crippen molar-refractivity contribution in [2.75, 3.05) is 0 Å². The Kier molecular flexibility index (Phi) is 5.97. The fourth-order valence-electron chi connectivity index (χ4n) is 1.97. The molecular weight excluding hydrogens is 302 g/mol. The van der Waals surface area contributed by atoms with Crippen LogP contribution in [0.3, 0.4) is 0 Å². The van der Waals surface area contributed by atoms with Gasteiger partial charge < -0.3 is 4.74 Å². The quantitative estimate of drug-likeness (QED) is 0.689. The zero-order valence-corrected chi connectivity index (χ0v) is 12.4. The summed E-state index contributed by atoms with van der Waals surface area (Å²) in [5, 5.41) is 0. The minimum absolute atomic E-state index is 0.215. The van der Waals surface area contributed by atoms with E-state index in [-0.39, 0.29) is 12.2 Å². The van der Waals surface area contributed by atoms with E-state index in [1.807, 2.05) is 30.3 Å². The molecule has 0 radical (unpaired) electrons. The molecule has 2 aromatic rings. The molecule has 0 amide bonds. The molecule has 0 fully saturated rings. The van der Waals surface area contributed by atoms with Crippen LogP contribution in [0.15, 0.2) is 54.6 Å². The zero-order chi connectivity index (χ0) is 16.7. The zero-order valence-electron chi connectivity index (χ0n) is 12.4. The average molecular weight is 318 g/mol. The first kappa shape index (κ1) is 16.8. The molecule has 0 saturated heterocycles. The first-order valence-electron chi connectivity index (χ1n) is 7.17. The summed E-state index contributed by atoms with van der Waals surface area (Å²) < 4.78 is 29.8. The van der Waals surface area contributed by atoms with Crippen LogP contribution in [-0.2, 0) is 11.4 Å². The number of carbonyl (C=O) groups is 2. The molecule has 5 heteroatoms. The number of Topliss-reactive ketones (excluding diaryl/α,β-unsaturated/α-hetero) is 2. The highest BCUT2D eigenvalue weighted by Gasteiger charge is 2.17. The first-order chi connectivity index (χ1) is 11.1. The molecule has 2 rings (SSSR count). The van der Waals surface area contributed by atoms with Crippen molar-refractivity contribution in [1.82, 2.24) is 0 Å². The molecule has 120 valence electrons. The Labute approximate surface area is 132 Å². The van der Waals surface area contributed by atoms with Gasteiger partial charge in [-0.25, -0.2) is 8.78 Å². The Bertz CT molecular complexity index is 652. The van der Waals surface area contributed by atoms with Crippen LogP contribution in [-0.4, -0.2) is 18.0 Å². The van der Waals surface area contributed by atoms with Crippen molar-refractivity contribution in [1.29, 1.82) is 0 Å². The maximum Gasteiger partial charge on any atom is 0.295 e. The molecule has 0 saturated carbocycles. The van der Waals surface area contributed by atoms with Gasteiger partial charge in [-0.3, -0.25) is 9.59 Å². The molecule has 0 unspecified atom stereocenters. The molecule has 0 aromatic heterocycles. The Morgan fingerprint density at radius 3 is 2.17 bits per heavy atom. The molecule has 2 aromatic carbocycles. The summed E-state index contributed by atoms with van der Waals surface area (Å²) in [5.74, 6) is -0.941. The van der Waals surface area contributed by atoms with E-state index in [2.05, 4.69) is 0 Å². The Morgan fingerprint density at radius 2 is 1.57 bits per heavy atom. The maximum absolute atomic E-state index is 12.1. The molecule has 3 nitrogen and oxygen atoms in total. The number of ether oxygens (including phenoxy) is 1. The van der Waals surface area contributed by atoms with Crippen molar-refractivity contribution in [2.24, 2.45) is 0 Å². The van der Waals surface area contributed by atoms with Crippen molar-refractivity contribution < 1.29 is 23.1 Å². The van der Waals surface area contributed by atoms with Gasteiger partial charge in [0.25, 0.3) is 6.43 Å². The normalized spacial score (nSPS) is 10.6. The first-order valence-corrected chi connectivity index (χ1v) is 7.17. The molecular formula is C18H16F2O3.